The van der Waals surface area contributed by atoms with Gasteiger partial charge in [0.05, 0.1) is 17.9 Å². The monoisotopic (exact) mass is 551 g/mol. The Balaban J connectivity index is 1.70. The lowest BCUT2D eigenvalue weighted by Gasteiger charge is -2.42. The van der Waals surface area contributed by atoms with Crippen LogP contribution >= 0.6 is 0 Å². The highest BCUT2D eigenvalue weighted by molar-refractivity contribution is 5.99. The molecule has 0 radical (unpaired) electrons. The molecule has 3 fully saturated rings. The summed E-state index contributed by atoms with van der Waals surface area (Å²) in [5, 5.41) is 9.27. The van der Waals surface area contributed by atoms with Crippen molar-refractivity contribution in [2.75, 3.05) is 26.2 Å². The van der Waals surface area contributed by atoms with Crippen molar-refractivity contribution in [3.05, 3.63) is 61.2 Å². The number of ether oxygens (including phenoxy) is 1. The van der Waals surface area contributed by atoms with E-state index in [1.54, 1.807) is 26.9 Å². The summed E-state index contributed by atoms with van der Waals surface area (Å²) in [4.78, 5) is 48.0. The molecule has 4 rings (SSSR count). The molecule has 3 aliphatic rings. The molecule has 2 bridgehead atoms. The molecule has 2 unspecified atom stereocenters. The van der Waals surface area contributed by atoms with E-state index in [1.165, 1.54) is 0 Å². The van der Waals surface area contributed by atoms with Crippen molar-refractivity contribution in [1.29, 1.82) is 0 Å². The number of nitrogens with zero attached hydrogens (tertiary/aromatic N) is 3. The summed E-state index contributed by atoms with van der Waals surface area (Å²) in [6.45, 7) is 15.2. The third kappa shape index (κ3) is 5.48. The highest BCUT2D eigenvalue weighted by Crippen LogP contribution is 2.59. The van der Waals surface area contributed by atoms with Crippen LogP contribution < -0.4 is 0 Å². The van der Waals surface area contributed by atoms with E-state index in [1.807, 2.05) is 51.1 Å². The number of amides is 3. The minimum atomic E-state index is -1.03. The van der Waals surface area contributed by atoms with Crippen molar-refractivity contribution in [2.24, 2.45) is 11.8 Å². The van der Waals surface area contributed by atoms with Crippen LogP contribution in [0.3, 0.4) is 0 Å². The molecule has 0 aliphatic carbocycles. The lowest BCUT2D eigenvalue weighted by molar-refractivity contribution is -0.151. The second-order valence-electron chi connectivity index (χ2n) is 12.3. The average molecular weight is 552 g/mol. The lowest BCUT2D eigenvalue weighted by atomic mass is 9.70. The highest BCUT2D eigenvalue weighted by atomic mass is 16.5. The molecule has 3 saturated heterocycles. The molecule has 40 heavy (non-hydrogen) atoms. The van der Waals surface area contributed by atoms with Gasteiger partial charge >= 0.3 is 0 Å². The van der Waals surface area contributed by atoms with Gasteiger partial charge in [-0.05, 0) is 58.4 Å². The molecule has 1 N–H and O–H groups in total. The van der Waals surface area contributed by atoms with Crippen LogP contribution in [0.25, 0.3) is 0 Å². The van der Waals surface area contributed by atoms with Crippen molar-refractivity contribution in [3.63, 3.8) is 0 Å². The van der Waals surface area contributed by atoms with Crippen LogP contribution in [0.15, 0.2) is 55.6 Å². The van der Waals surface area contributed by atoms with Crippen molar-refractivity contribution in [3.8, 4) is 0 Å². The molecule has 3 heterocycles. The van der Waals surface area contributed by atoms with E-state index in [4.69, 9.17) is 4.74 Å². The maximum atomic E-state index is 14.4. The van der Waals surface area contributed by atoms with Gasteiger partial charge in [0, 0.05) is 38.3 Å². The maximum absolute atomic E-state index is 14.4. The van der Waals surface area contributed by atoms with Crippen LogP contribution in [-0.2, 0) is 25.7 Å². The minimum Gasteiger partial charge on any atom is -0.396 e. The van der Waals surface area contributed by atoms with Gasteiger partial charge in [0.1, 0.15) is 11.6 Å². The quantitative estimate of drug-likeness (QED) is 0.299. The first-order valence-electron chi connectivity index (χ1n) is 14.6. The molecule has 1 aromatic rings. The summed E-state index contributed by atoms with van der Waals surface area (Å²) < 4.78 is 6.65. The number of rotatable bonds is 13. The van der Waals surface area contributed by atoms with E-state index < -0.39 is 35.1 Å². The zero-order chi connectivity index (χ0) is 29.1. The van der Waals surface area contributed by atoms with Crippen LogP contribution in [0.4, 0.5) is 0 Å². The van der Waals surface area contributed by atoms with Crippen molar-refractivity contribution in [2.45, 2.75) is 82.7 Å². The fourth-order valence-corrected chi connectivity index (χ4v) is 6.90. The molecule has 5 atom stereocenters. The molecule has 218 valence electrons. The number of aliphatic hydroxyl groups excluding tert-OH is 1. The van der Waals surface area contributed by atoms with Crippen LogP contribution in [0.2, 0.25) is 0 Å². The predicted octanol–water partition coefficient (Wildman–Crippen LogP) is 3.55. The Hall–Kier alpha value is -2.97. The summed E-state index contributed by atoms with van der Waals surface area (Å²) in [6, 6.07) is 8.98. The molecule has 8 nitrogen and oxygen atoms in total. The van der Waals surface area contributed by atoms with Crippen molar-refractivity contribution in [1.82, 2.24) is 14.7 Å². The van der Waals surface area contributed by atoms with Gasteiger partial charge in [-0.2, -0.15) is 0 Å². The SMILES string of the molecule is C=CCN(Cc1ccccc1)C(=O)[C@@H]1[C@@H]2CCC3(O2)C(C(=O)N(CC=C)C(C)(C)C)N(CCCCCO)C(=O)[C@H]13. The number of hydrogen-bond acceptors (Lipinski definition) is 5. The Morgan fingerprint density at radius 3 is 2.42 bits per heavy atom. The Bertz CT molecular complexity index is 1100. The van der Waals surface area contributed by atoms with Gasteiger partial charge in [-0.1, -0.05) is 42.5 Å². The molecule has 1 aromatic carbocycles. The Labute approximate surface area is 238 Å². The molecule has 0 aromatic heterocycles. The lowest BCUT2D eigenvalue weighted by Crippen LogP contribution is -2.60. The van der Waals surface area contributed by atoms with Crippen LogP contribution in [0.5, 0.6) is 0 Å². The Morgan fingerprint density at radius 2 is 1.80 bits per heavy atom. The summed E-state index contributed by atoms with van der Waals surface area (Å²) in [6.07, 6.45) is 6.24. The normalized spacial score (nSPS) is 27.0. The number of aliphatic hydroxyl groups is 1. The highest BCUT2D eigenvalue weighted by Gasteiger charge is 2.75. The summed E-state index contributed by atoms with van der Waals surface area (Å²) in [5.41, 5.74) is -0.528. The summed E-state index contributed by atoms with van der Waals surface area (Å²) >= 11 is 0. The largest absolute Gasteiger partial charge is 0.396 e. The van der Waals surface area contributed by atoms with E-state index in [0.717, 1.165) is 12.0 Å². The fourth-order valence-electron chi connectivity index (χ4n) is 6.90. The maximum Gasteiger partial charge on any atom is 0.249 e. The topological polar surface area (TPSA) is 90.4 Å². The van der Waals surface area contributed by atoms with Crippen molar-refractivity contribution >= 4 is 17.7 Å². The molecule has 8 heteroatoms. The first-order valence-corrected chi connectivity index (χ1v) is 14.6. The number of carbonyl (C=O) groups is 3. The number of hydrogen-bond donors (Lipinski definition) is 1. The zero-order valence-electron chi connectivity index (χ0n) is 24.3. The van der Waals surface area contributed by atoms with E-state index in [9.17, 15) is 19.5 Å². The van der Waals surface area contributed by atoms with Crippen LogP contribution in [-0.4, -0.2) is 87.1 Å². The molecule has 3 aliphatic heterocycles. The van der Waals surface area contributed by atoms with Gasteiger partial charge in [0.25, 0.3) is 0 Å². The van der Waals surface area contributed by atoms with Gasteiger partial charge in [-0.25, -0.2) is 0 Å². The molecule has 3 amide bonds. The molecular weight excluding hydrogens is 506 g/mol. The number of benzene rings is 1. The zero-order valence-corrected chi connectivity index (χ0v) is 24.3. The van der Waals surface area contributed by atoms with Gasteiger partial charge in [-0.15, -0.1) is 13.2 Å². The number of carbonyl (C=O) groups excluding carboxylic acids is 3. The first-order chi connectivity index (χ1) is 19.1. The molecular formula is C32H45N3O5. The van der Waals surface area contributed by atoms with Crippen molar-refractivity contribution < 1.29 is 24.2 Å². The number of likely N-dealkylation sites (tertiary alicyclic amines) is 1. The second kappa shape index (κ2) is 12.3. The number of fused-ring (bicyclic) bond motifs is 1. The van der Waals surface area contributed by atoms with Gasteiger partial charge in [0.2, 0.25) is 17.7 Å². The first kappa shape index (κ1) is 30.0. The third-order valence-electron chi connectivity index (χ3n) is 8.64. The van der Waals surface area contributed by atoms with E-state index in [-0.39, 0.29) is 24.3 Å². The van der Waals surface area contributed by atoms with Gasteiger partial charge in [-0.3, -0.25) is 14.4 Å². The predicted molar refractivity (Wildman–Crippen MR) is 154 cm³/mol. The average Bonchev–Trinajstić information content (AvgIpc) is 3.56. The van der Waals surface area contributed by atoms with Gasteiger partial charge in [0.15, 0.2) is 0 Å². The van der Waals surface area contributed by atoms with E-state index >= 15 is 0 Å². The minimum absolute atomic E-state index is 0.0852. The van der Waals surface area contributed by atoms with E-state index in [2.05, 4.69) is 13.2 Å². The molecule has 1 spiro atoms. The number of unbranched alkanes of at least 4 members (excludes halogenated alkanes) is 2. The summed E-state index contributed by atoms with van der Waals surface area (Å²) in [5.74, 6) is -1.81. The van der Waals surface area contributed by atoms with Crippen LogP contribution in [0, 0.1) is 11.8 Å². The standard InChI is InChI=1S/C32H45N3O5/c1-6-18-33(22-23-14-10-8-11-15-23)28(37)25-24-16-17-32(40-24)26(25)29(38)34(20-12-9-13-21-36)27(32)30(39)35(19-7-2)31(3,4)5/h6-8,10-11,14-15,24-27,36H,1-2,9,12-13,16-22H2,3-5H3/t24-,25+,26-,27?,32?/m0/s1. The second-order valence-corrected chi connectivity index (χ2v) is 12.3. The Morgan fingerprint density at radius 1 is 1.10 bits per heavy atom. The third-order valence-corrected chi connectivity index (χ3v) is 8.64. The fraction of sp³-hybridized carbons (Fsp3) is 0.594. The van der Waals surface area contributed by atoms with Gasteiger partial charge < -0.3 is 24.5 Å². The Kier molecular flexibility index (Phi) is 9.20. The smallest absolute Gasteiger partial charge is 0.249 e. The summed E-state index contributed by atoms with van der Waals surface area (Å²) in [7, 11) is 0. The van der Waals surface area contributed by atoms with Crippen LogP contribution in [0.1, 0.15) is 58.4 Å². The van der Waals surface area contributed by atoms with E-state index in [0.29, 0.717) is 51.9 Å². The molecule has 0 saturated carbocycles.